The fourth-order valence-corrected chi connectivity index (χ4v) is 4.14. The molecule has 2 aromatic heterocycles. The number of hydrogen-bond donors (Lipinski definition) is 0. The Balaban J connectivity index is 2.04. The maximum Gasteiger partial charge on any atom is 0.331 e. The normalized spacial score (nSPS) is 11.1. The van der Waals surface area contributed by atoms with Crippen LogP contribution in [0.1, 0.15) is 22.4 Å². The van der Waals surface area contributed by atoms with E-state index in [0.29, 0.717) is 0 Å². The summed E-state index contributed by atoms with van der Waals surface area (Å²) < 4.78 is 4.47. The van der Waals surface area contributed by atoms with Gasteiger partial charge >= 0.3 is 5.82 Å². The van der Waals surface area contributed by atoms with Crippen LogP contribution in [0.15, 0.2) is 60.9 Å². The van der Waals surface area contributed by atoms with E-state index in [1.54, 1.807) is 0 Å². The lowest BCUT2D eigenvalue weighted by Crippen LogP contribution is -2.37. The first kappa shape index (κ1) is 17.3. The van der Waals surface area contributed by atoms with Crippen LogP contribution in [0.3, 0.4) is 0 Å². The molecule has 0 aliphatic heterocycles. The molecule has 0 aliphatic rings. The number of aryl methyl sites for hydroxylation is 4. The number of fused-ring (bicyclic) bond motifs is 1. The molecule has 0 bridgehead atoms. The second kappa shape index (κ2) is 6.58. The van der Waals surface area contributed by atoms with Crippen LogP contribution in [0.2, 0.25) is 0 Å². The quantitative estimate of drug-likeness (QED) is 0.493. The lowest BCUT2D eigenvalue weighted by molar-refractivity contribution is -0.636. The van der Waals surface area contributed by atoms with Gasteiger partial charge in [0.15, 0.2) is 18.1 Å². The van der Waals surface area contributed by atoms with Crippen molar-refractivity contribution < 1.29 is 9.13 Å². The molecule has 0 radical (unpaired) electrons. The Morgan fingerprint density at radius 3 is 2.37 bits per heavy atom. The molecule has 0 N–H and O–H groups in total. The molecule has 4 rings (SSSR count). The van der Waals surface area contributed by atoms with Crippen LogP contribution in [-0.4, -0.2) is 4.98 Å². The second-order valence-corrected chi connectivity index (χ2v) is 7.27. The Kier molecular flexibility index (Phi) is 4.23. The molecule has 134 valence electrons. The molecule has 0 saturated heterocycles. The molecule has 0 fully saturated rings. The number of para-hydroxylation sites is 1. The third-order valence-corrected chi connectivity index (χ3v) is 5.40. The number of hydrogen-bond acceptors (Lipinski definition) is 1. The molecule has 2 heterocycles. The highest BCUT2D eigenvalue weighted by Crippen LogP contribution is 2.29. The van der Waals surface area contributed by atoms with Crippen LogP contribution >= 0.6 is 0 Å². The summed E-state index contributed by atoms with van der Waals surface area (Å²) in [5, 5.41) is 1.15. The minimum atomic E-state index is 0.999. The largest absolute Gasteiger partial charge is 0.331 e. The molecular formula is C24H25N3+2. The van der Waals surface area contributed by atoms with Crippen molar-refractivity contribution >= 4 is 10.9 Å². The summed E-state index contributed by atoms with van der Waals surface area (Å²) in [4.78, 5) is 4.84. The van der Waals surface area contributed by atoms with Crippen LogP contribution in [-0.2, 0) is 7.05 Å². The number of pyridine rings is 1. The van der Waals surface area contributed by atoms with Gasteiger partial charge in [0.1, 0.15) is 5.52 Å². The van der Waals surface area contributed by atoms with Crippen LogP contribution in [0.25, 0.3) is 28.0 Å². The Morgan fingerprint density at radius 1 is 0.852 bits per heavy atom. The number of nitrogens with zero attached hydrogens (tertiary/aromatic N) is 3. The monoisotopic (exact) mass is 355 g/mol. The van der Waals surface area contributed by atoms with Gasteiger partial charge in [0.05, 0.1) is 18.0 Å². The molecule has 0 aliphatic carbocycles. The van der Waals surface area contributed by atoms with Crippen LogP contribution in [0, 0.1) is 27.7 Å². The first-order valence-electron chi connectivity index (χ1n) is 9.31. The van der Waals surface area contributed by atoms with E-state index in [4.69, 9.17) is 4.98 Å². The summed E-state index contributed by atoms with van der Waals surface area (Å²) >= 11 is 0. The van der Waals surface area contributed by atoms with Crippen molar-refractivity contribution in [1.82, 2.24) is 4.98 Å². The van der Waals surface area contributed by atoms with Gasteiger partial charge in [0.2, 0.25) is 5.69 Å². The molecule has 3 heteroatoms. The molecule has 0 unspecified atom stereocenters. The van der Waals surface area contributed by atoms with Gasteiger partial charge in [-0.25, -0.2) is 4.57 Å². The van der Waals surface area contributed by atoms with E-state index in [2.05, 4.69) is 98.6 Å². The van der Waals surface area contributed by atoms with E-state index in [1.807, 2.05) is 6.20 Å². The molecule has 0 spiro atoms. The van der Waals surface area contributed by atoms with Crippen molar-refractivity contribution in [2.75, 3.05) is 0 Å². The predicted molar refractivity (Wildman–Crippen MR) is 109 cm³/mol. The van der Waals surface area contributed by atoms with Gasteiger partial charge < -0.3 is 0 Å². The Morgan fingerprint density at radius 2 is 1.59 bits per heavy atom. The molecule has 0 amide bonds. The first-order valence-corrected chi connectivity index (χ1v) is 9.31. The highest BCUT2D eigenvalue weighted by Gasteiger charge is 2.27. The molecule has 4 aromatic rings. The van der Waals surface area contributed by atoms with Crippen LogP contribution < -0.4 is 9.13 Å². The van der Waals surface area contributed by atoms with E-state index < -0.39 is 0 Å². The minimum absolute atomic E-state index is 0.999. The van der Waals surface area contributed by atoms with Gasteiger partial charge in [-0.1, -0.05) is 18.2 Å². The van der Waals surface area contributed by atoms with Crippen LogP contribution in [0.4, 0.5) is 0 Å². The summed E-state index contributed by atoms with van der Waals surface area (Å²) in [7, 11) is 2.10. The van der Waals surface area contributed by atoms with Gasteiger partial charge in [0, 0.05) is 30.2 Å². The van der Waals surface area contributed by atoms with Crippen molar-refractivity contribution in [1.29, 1.82) is 0 Å². The van der Waals surface area contributed by atoms with Crippen molar-refractivity contribution in [3.63, 3.8) is 0 Å². The van der Waals surface area contributed by atoms with Crippen molar-refractivity contribution in [2.24, 2.45) is 7.05 Å². The third kappa shape index (κ3) is 2.80. The summed E-state index contributed by atoms with van der Waals surface area (Å²) in [6.07, 6.45) is 4.11. The Hall–Kier alpha value is -3.07. The maximum absolute atomic E-state index is 4.84. The average Bonchev–Trinajstić information content (AvgIpc) is 2.65. The van der Waals surface area contributed by atoms with Gasteiger partial charge in [-0.15, -0.1) is 0 Å². The third-order valence-electron chi connectivity index (χ3n) is 5.40. The molecule has 27 heavy (non-hydrogen) atoms. The summed E-state index contributed by atoms with van der Waals surface area (Å²) in [5.74, 6) is 0.999. The Labute approximate surface area is 160 Å². The van der Waals surface area contributed by atoms with E-state index in [-0.39, 0.29) is 0 Å². The molecular weight excluding hydrogens is 330 g/mol. The standard InChI is InChI=1S/C24H25N3/c1-16-14-17(2)23(27-13-9-8-10-18(27)3)19(4)22(16)24-25-15-20-11-6-7-12-21(20)26(24)5/h6-15H,1-5H3/q+2. The lowest BCUT2D eigenvalue weighted by Gasteiger charge is -2.13. The van der Waals surface area contributed by atoms with Gasteiger partial charge in [0.25, 0.3) is 0 Å². The number of benzene rings is 2. The zero-order valence-electron chi connectivity index (χ0n) is 16.6. The highest BCUT2D eigenvalue weighted by atomic mass is 15.0. The number of rotatable bonds is 2. The number of aromatic nitrogens is 3. The van der Waals surface area contributed by atoms with E-state index >= 15 is 0 Å². The topological polar surface area (TPSA) is 20.6 Å². The first-order chi connectivity index (χ1) is 13.0. The second-order valence-electron chi connectivity index (χ2n) is 7.27. The SMILES string of the molecule is Cc1cc(C)c(-[n+]2ccccc2C)c(C)c1-c1ncc2ccccc2[n+]1C. The molecule has 0 saturated carbocycles. The summed E-state index contributed by atoms with van der Waals surface area (Å²) in [6, 6.07) is 17.0. The fourth-order valence-electron chi connectivity index (χ4n) is 4.14. The van der Waals surface area contributed by atoms with E-state index in [9.17, 15) is 0 Å². The van der Waals surface area contributed by atoms with Crippen molar-refractivity contribution in [3.05, 3.63) is 83.3 Å². The van der Waals surface area contributed by atoms with Crippen LogP contribution in [0.5, 0.6) is 0 Å². The lowest BCUT2D eigenvalue weighted by atomic mass is 9.95. The van der Waals surface area contributed by atoms with Gasteiger partial charge in [-0.3, -0.25) is 0 Å². The Bertz CT molecular complexity index is 1180. The zero-order chi connectivity index (χ0) is 19.1. The smallest absolute Gasteiger partial charge is 0.226 e. The predicted octanol–water partition coefficient (Wildman–Crippen LogP) is 4.24. The van der Waals surface area contributed by atoms with Crippen molar-refractivity contribution in [2.45, 2.75) is 27.7 Å². The molecule has 3 nitrogen and oxygen atoms in total. The zero-order valence-corrected chi connectivity index (χ0v) is 16.6. The molecule has 0 atom stereocenters. The van der Waals surface area contributed by atoms with Crippen molar-refractivity contribution in [3.8, 4) is 17.1 Å². The summed E-state index contributed by atoms with van der Waals surface area (Å²) in [5.41, 5.74) is 8.63. The minimum Gasteiger partial charge on any atom is -0.226 e. The highest BCUT2D eigenvalue weighted by molar-refractivity contribution is 5.77. The maximum atomic E-state index is 4.84. The summed E-state index contributed by atoms with van der Waals surface area (Å²) in [6.45, 7) is 8.72. The average molecular weight is 355 g/mol. The van der Waals surface area contributed by atoms with E-state index in [1.165, 1.54) is 39.2 Å². The fraction of sp³-hybridized carbons (Fsp3) is 0.208. The van der Waals surface area contributed by atoms with Gasteiger partial charge in [-0.05, 0) is 49.5 Å². The van der Waals surface area contributed by atoms with E-state index in [0.717, 1.165) is 11.2 Å². The molecule has 2 aromatic carbocycles. The van der Waals surface area contributed by atoms with Gasteiger partial charge in [-0.2, -0.15) is 4.57 Å².